The summed E-state index contributed by atoms with van der Waals surface area (Å²) in [5.74, 6) is 0.504. The summed E-state index contributed by atoms with van der Waals surface area (Å²) in [5.41, 5.74) is 0. The first-order chi connectivity index (χ1) is 9.04. The number of hydrogen-bond acceptors (Lipinski definition) is 3. The fourth-order valence-electron chi connectivity index (χ4n) is 2.94. The molecule has 2 heterocycles. The van der Waals surface area contributed by atoms with Crippen LogP contribution in [0.5, 0.6) is 0 Å². The molecule has 1 amide bonds. The summed E-state index contributed by atoms with van der Waals surface area (Å²) in [6, 6.07) is 0.257. The topological polar surface area (TPSA) is 57.7 Å². The lowest BCUT2D eigenvalue weighted by atomic mass is 10.1. The first kappa shape index (κ1) is 14.8. The Kier molecular flexibility index (Phi) is 4.84. The molecule has 0 bridgehead atoms. The first-order valence-electron chi connectivity index (χ1n) is 7.32. The van der Waals surface area contributed by atoms with Crippen LogP contribution in [0.3, 0.4) is 0 Å². The van der Waals surface area contributed by atoms with Crippen molar-refractivity contribution in [3.63, 3.8) is 0 Å². The van der Waals surface area contributed by atoms with Crippen molar-refractivity contribution < 1.29 is 13.2 Å². The van der Waals surface area contributed by atoms with E-state index in [-0.39, 0.29) is 17.7 Å². The van der Waals surface area contributed by atoms with Gasteiger partial charge in [-0.15, -0.1) is 0 Å². The number of hydrogen-bond donors (Lipinski definition) is 0. The van der Waals surface area contributed by atoms with E-state index < -0.39 is 10.0 Å². The number of likely N-dealkylation sites (tertiary alicyclic amines) is 1. The molecule has 0 N–H and O–H groups in total. The van der Waals surface area contributed by atoms with Crippen molar-refractivity contribution in [3.05, 3.63) is 0 Å². The Labute approximate surface area is 116 Å². The Morgan fingerprint density at radius 1 is 1.21 bits per heavy atom. The van der Waals surface area contributed by atoms with Crippen LogP contribution < -0.4 is 0 Å². The fourth-order valence-corrected chi connectivity index (χ4v) is 4.62. The Morgan fingerprint density at radius 2 is 1.89 bits per heavy atom. The molecule has 0 aliphatic carbocycles. The highest BCUT2D eigenvalue weighted by Gasteiger charge is 2.33. The minimum atomic E-state index is -3.08. The van der Waals surface area contributed by atoms with E-state index in [1.165, 1.54) is 0 Å². The number of rotatable bonds is 5. The van der Waals surface area contributed by atoms with E-state index in [2.05, 4.69) is 0 Å². The molecule has 0 saturated carbocycles. The van der Waals surface area contributed by atoms with Crippen LogP contribution in [0.1, 0.15) is 45.4 Å². The molecule has 2 aliphatic rings. The molecule has 2 aliphatic heterocycles. The molecule has 110 valence electrons. The van der Waals surface area contributed by atoms with Crippen LogP contribution in [-0.4, -0.2) is 55.0 Å². The summed E-state index contributed by atoms with van der Waals surface area (Å²) in [5, 5.41) is 0. The van der Waals surface area contributed by atoms with Gasteiger partial charge in [0.1, 0.15) is 0 Å². The van der Waals surface area contributed by atoms with Gasteiger partial charge in [-0.25, -0.2) is 12.7 Å². The number of amides is 1. The zero-order chi connectivity index (χ0) is 13.9. The van der Waals surface area contributed by atoms with Gasteiger partial charge in [-0.05, 0) is 25.7 Å². The minimum absolute atomic E-state index is 0.243. The van der Waals surface area contributed by atoms with E-state index in [9.17, 15) is 13.2 Å². The Balaban J connectivity index is 1.87. The lowest BCUT2D eigenvalue weighted by Gasteiger charge is -2.36. The quantitative estimate of drug-likeness (QED) is 0.764. The second kappa shape index (κ2) is 6.22. The summed E-state index contributed by atoms with van der Waals surface area (Å²) in [6.07, 6.45) is 4.82. The van der Waals surface area contributed by atoms with Crippen molar-refractivity contribution >= 4 is 15.9 Å². The lowest BCUT2D eigenvalue weighted by Crippen LogP contribution is -2.47. The van der Waals surface area contributed by atoms with E-state index in [1.54, 1.807) is 4.31 Å². The predicted octanol–water partition coefficient (Wildman–Crippen LogP) is 1.20. The summed E-state index contributed by atoms with van der Waals surface area (Å²) in [4.78, 5) is 13.6. The van der Waals surface area contributed by atoms with Gasteiger partial charge in [0, 0.05) is 32.1 Å². The minimum Gasteiger partial charge on any atom is -0.340 e. The number of unbranched alkanes of at least 4 members (excludes halogenated alkanes) is 1. The molecule has 6 heteroatoms. The standard InChI is InChI=1S/C13H24N2O3S/c1-2-3-11-19(17,18)14-9-6-12(7-10-14)15-8-4-5-13(15)16/h12H,2-11H2,1H3. The van der Waals surface area contributed by atoms with Gasteiger partial charge in [0.2, 0.25) is 15.9 Å². The lowest BCUT2D eigenvalue weighted by molar-refractivity contribution is -0.130. The number of sulfonamides is 1. The average Bonchev–Trinajstić information content (AvgIpc) is 2.83. The van der Waals surface area contributed by atoms with E-state index in [4.69, 9.17) is 0 Å². The molecule has 0 radical (unpaired) electrons. The van der Waals surface area contributed by atoms with Gasteiger partial charge in [0.25, 0.3) is 0 Å². The van der Waals surface area contributed by atoms with Crippen LogP contribution in [-0.2, 0) is 14.8 Å². The Bertz CT molecular complexity index is 414. The van der Waals surface area contributed by atoms with Crippen molar-refractivity contribution in [1.29, 1.82) is 0 Å². The molecular formula is C13H24N2O3S. The van der Waals surface area contributed by atoms with Gasteiger partial charge in [-0.3, -0.25) is 4.79 Å². The van der Waals surface area contributed by atoms with Gasteiger partial charge in [0.15, 0.2) is 0 Å². The van der Waals surface area contributed by atoms with Crippen LogP contribution in [0.25, 0.3) is 0 Å². The predicted molar refractivity (Wildman–Crippen MR) is 74.2 cm³/mol. The SMILES string of the molecule is CCCCS(=O)(=O)N1CCC(N2CCCC2=O)CC1. The van der Waals surface area contributed by atoms with Gasteiger partial charge >= 0.3 is 0 Å². The number of nitrogens with zero attached hydrogens (tertiary/aromatic N) is 2. The van der Waals surface area contributed by atoms with Crippen molar-refractivity contribution in [2.24, 2.45) is 0 Å². The Morgan fingerprint density at radius 3 is 2.42 bits per heavy atom. The van der Waals surface area contributed by atoms with Gasteiger partial charge < -0.3 is 4.90 Å². The Hall–Kier alpha value is -0.620. The third-order valence-corrected chi connectivity index (χ3v) is 6.08. The van der Waals surface area contributed by atoms with Gasteiger partial charge in [0.05, 0.1) is 5.75 Å². The summed E-state index contributed by atoms with van der Waals surface area (Å²) >= 11 is 0. The molecule has 0 atom stereocenters. The van der Waals surface area contributed by atoms with Crippen LogP contribution >= 0.6 is 0 Å². The van der Waals surface area contributed by atoms with Crippen molar-refractivity contribution in [3.8, 4) is 0 Å². The molecule has 2 saturated heterocycles. The van der Waals surface area contributed by atoms with Crippen LogP contribution in [0.2, 0.25) is 0 Å². The molecule has 5 nitrogen and oxygen atoms in total. The normalized spacial score (nSPS) is 23.2. The van der Waals surface area contributed by atoms with Crippen molar-refractivity contribution in [1.82, 2.24) is 9.21 Å². The van der Waals surface area contributed by atoms with Crippen LogP contribution in [0.15, 0.2) is 0 Å². The zero-order valence-corrected chi connectivity index (χ0v) is 12.5. The molecule has 19 heavy (non-hydrogen) atoms. The van der Waals surface area contributed by atoms with Crippen molar-refractivity contribution in [2.45, 2.75) is 51.5 Å². The number of carbonyl (C=O) groups excluding carboxylic acids is 1. The smallest absolute Gasteiger partial charge is 0.222 e. The van der Waals surface area contributed by atoms with E-state index in [1.807, 2.05) is 11.8 Å². The third-order valence-electron chi connectivity index (χ3n) is 4.12. The maximum atomic E-state index is 12.1. The molecule has 2 fully saturated rings. The summed E-state index contributed by atoms with van der Waals surface area (Å²) in [7, 11) is -3.08. The first-order valence-corrected chi connectivity index (χ1v) is 8.93. The average molecular weight is 288 g/mol. The van der Waals surface area contributed by atoms with E-state index >= 15 is 0 Å². The second-order valence-corrected chi connectivity index (χ2v) is 7.58. The molecule has 0 aromatic carbocycles. The number of piperidine rings is 1. The van der Waals surface area contributed by atoms with Gasteiger partial charge in [-0.2, -0.15) is 0 Å². The second-order valence-electron chi connectivity index (χ2n) is 5.49. The van der Waals surface area contributed by atoms with E-state index in [0.717, 1.165) is 38.6 Å². The monoisotopic (exact) mass is 288 g/mol. The molecule has 0 aromatic heterocycles. The van der Waals surface area contributed by atoms with Crippen LogP contribution in [0.4, 0.5) is 0 Å². The summed E-state index contributed by atoms with van der Waals surface area (Å²) in [6.45, 7) is 3.99. The molecule has 0 spiro atoms. The van der Waals surface area contributed by atoms with Crippen molar-refractivity contribution in [2.75, 3.05) is 25.4 Å². The maximum Gasteiger partial charge on any atom is 0.222 e. The van der Waals surface area contributed by atoms with E-state index in [0.29, 0.717) is 19.5 Å². The fraction of sp³-hybridized carbons (Fsp3) is 0.923. The molecule has 0 aromatic rings. The maximum absolute atomic E-state index is 12.1. The largest absolute Gasteiger partial charge is 0.340 e. The zero-order valence-electron chi connectivity index (χ0n) is 11.7. The highest BCUT2D eigenvalue weighted by atomic mass is 32.2. The van der Waals surface area contributed by atoms with Crippen LogP contribution in [0, 0.1) is 0 Å². The number of carbonyl (C=O) groups is 1. The molecular weight excluding hydrogens is 264 g/mol. The molecule has 0 unspecified atom stereocenters. The molecule has 2 rings (SSSR count). The van der Waals surface area contributed by atoms with Gasteiger partial charge in [-0.1, -0.05) is 13.3 Å². The highest BCUT2D eigenvalue weighted by molar-refractivity contribution is 7.89. The highest BCUT2D eigenvalue weighted by Crippen LogP contribution is 2.23. The third kappa shape index (κ3) is 3.48. The summed E-state index contributed by atoms with van der Waals surface area (Å²) < 4.78 is 25.8.